The molecule has 2 aromatic rings. The second kappa shape index (κ2) is 4.88. The molecule has 0 aliphatic carbocycles. The van der Waals surface area contributed by atoms with Crippen LogP contribution in [-0.4, -0.2) is 20.9 Å². The van der Waals surface area contributed by atoms with E-state index in [0.717, 1.165) is 16.9 Å². The summed E-state index contributed by atoms with van der Waals surface area (Å²) in [5.74, 6) is -0.839. The van der Waals surface area contributed by atoms with Gasteiger partial charge in [0.1, 0.15) is 5.56 Å². The van der Waals surface area contributed by atoms with Crippen molar-refractivity contribution in [1.82, 2.24) is 9.78 Å². The Balaban J connectivity index is 2.65. The van der Waals surface area contributed by atoms with Crippen molar-refractivity contribution < 1.29 is 9.90 Å². The maximum atomic E-state index is 11.3. The van der Waals surface area contributed by atoms with Gasteiger partial charge in [0.05, 0.1) is 17.6 Å². The van der Waals surface area contributed by atoms with Crippen LogP contribution < -0.4 is 0 Å². The Labute approximate surface area is 112 Å². The highest BCUT2D eigenvalue weighted by molar-refractivity contribution is 5.89. The number of carboxylic acids is 1. The van der Waals surface area contributed by atoms with E-state index in [0.29, 0.717) is 0 Å². The zero-order chi connectivity index (χ0) is 14.2. The van der Waals surface area contributed by atoms with Crippen LogP contribution in [0.15, 0.2) is 24.4 Å². The molecule has 1 aromatic heterocycles. The first kappa shape index (κ1) is 13.3. The van der Waals surface area contributed by atoms with Crippen LogP contribution in [0.1, 0.15) is 46.9 Å². The summed E-state index contributed by atoms with van der Waals surface area (Å²) in [5, 5.41) is 13.5. The van der Waals surface area contributed by atoms with Crippen LogP contribution in [0.2, 0.25) is 0 Å². The predicted octanol–water partition coefficient (Wildman–Crippen LogP) is 3.31. The third-order valence-corrected chi connectivity index (χ3v) is 3.16. The van der Waals surface area contributed by atoms with Gasteiger partial charge < -0.3 is 5.11 Å². The van der Waals surface area contributed by atoms with Crippen LogP contribution in [0, 0.1) is 13.8 Å². The molecular weight excluding hydrogens is 240 g/mol. The zero-order valence-electron chi connectivity index (χ0n) is 11.6. The molecule has 0 unspecified atom stereocenters. The number of hydrogen-bond acceptors (Lipinski definition) is 2. The summed E-state index contributed by atoms with van der Waals surface area (Å²) in [4.78, 5) is 11.3. The molecule has 2 rings (SSSR count). The summed E-state index contributed by atoms with van der Waals surface area (Å²) in [6.45, 7) is 7.99. The van der Waals surface area contributed by atoms with E-state index in [1.165, 1.54) is 11.8 Å². The van der Waals surface area contributed by atoms with Crippen molar-refractivity contribution in [3.63, 3.8) is 0 Å². The van der Waals surface area contributed by atoms with E-state index in [1.54, 1.807) is 4.68 Å². The van der Waals surface area contributed by atoms with Crippen LogP contribution in [-0.2, 0) is 0 Å². The average molecular weight is 258 g/mol. The lowest BCUT2D eigenvalue weighted by Gasteiger charge is -2.14. The van der Waals surface area contributed by atoms with Crippen molar-refractivity contribution >= 4 is 5.97 Å². The quantitative estimate of drug-likeness (QED) is 0.918. The third-order valence-electron chi connectivity index (χ3n) is 3.16. The number of aromatic carboxylic acids is 1. The van der Waals surface area contributed by atoms with E-state index < -0.39 is 5.97 Å². The normalized spacial score (nSPS) is 11.0. The van der Waals surface area contributed by atoms with E-state index >= 15 is 0 Å². The maximum Gasteiger partial charge on any atom is 0.339 e. The number of hydrogen-bond donors (Lipinski definition) is 1. The molecule has 19 heavy (non-hydrogen) atoms. The van der Waals surface area contributed by atoms with Crippen molar-refractivity contribution in [2.24, 2.45) is 0 Å². The summed E-state index contributed by atoms with van der Waals surface area (Å²) < 4.78 is 1.74. The van der Waals surface area contributed by atoms with Crippen molar-refractivity contribution in [2.75, 3.05) is 0 Å². The Morgan fingerprint density at radius 2 is 2.00 bits per heavy atom. The molecule has 0 fully saturated rings. The van der Waals surface area contributed by atoms with Gasteiger partial charge in [0.15, 0.2) is 0 Å². The highest BCUT2D eigenvalue weighted by atomic mass is 16.4. The molecule has 0 radical (unpaired) electrons. The topological polar surface area (TPSA) is 55.1 Å². The molecule has 1 N–H and O–H groups in total. The van der Waals surface area contributed by atoms with Crippen LogP contribution in [0.25, 0.3) is 5.69 Å². The van der Waals surface area contributed by atoms with Gasteiger partial charge in [-0.1, -0.05) is 31.5 Å². The van der Waals surface area contributed by atoms with Crippen molar-refractivity contribution in [3.8, 4) is 5.69 Å². The van der Waals surface area contributed by atoms with Crippen molar-refractivity contribution in [2.45, 2.75) is 33.6 Å². The fourth-order valence-electron chi connectivity index (χ4n) is 2.31. The molecule has 4 nitrogen and oxygen atoms in total. The molecule has 100 valence electrons. The molecule has 0 saturated carbocycles. The van der Waals surface area contributed by atoms with Gasteiger partial charge >= 0.3 is 5.97 Å². The lowest BCUT2D eigenvalue weighted by molar-refractivity contribution is 0.0695. The molecule has 0 aliphatic rings. The molecule has 0 amide bonds. The van der Waals surface area contributed by atoms with Crippen LogP contribution in [0.3, 0.4) is 0 Å². The van der Waals surface area contributed by atoms with Crippen molar-refractivity contribution in [1.29, 1.82) is 0 Å². The van der Waals surface area contributed by atoms with Crippen LogP contribution in [0.5, 0.6) is 0 Å². The van der Waals surface area contributed by atoms with Gasteiger partial charge in [-0.15, -0.1) is 0 Å². The van der Waals surface area contributed by atoms with Gasteiger partial charge in [0.2, 0.25) is 0 Å². The second-order valence-electron chi connectivity index (χ2n) is 5.11. The fraction of sp³-hybridized carbons (Fsp3) is 0.333. The van der Waals surface area contributed by atoms with E-state index in [9.17, 15) is 9.90 Å². The Kier molecular flexibility index (Phi) is 3.42. The van der Waals surface area contributed by atoms with E-state index in [2.05, 4.69) is 11.2 Å². The van der Waals surface area contributed by atoms with E-state index in [-0.39, 0.29) is 11.5 Å². The Bertz CT molecular complexity index is 627. The SMILES string of the molecule is Cc1ccc(-n2ncc(C(=O)O)c2C(C)C)c(C)c1. The molecular formula is C15H18N2O2. The Morgan fingerprint density at radius 3 is 2.53 bits per heavy atom. The number of rotatable bonds is 3. The highest BCUT2D eigenvalue weighted by Gasteiger charge is 2.20. The van der Waals surface area contributed by atoms with Crippen LogP contribution >= 0.6 is 0 Å². The number of benzene rings is 1. The van der Waals surface area contributed by atoms with Gasteiger partial charge in [-0.2, -0.15) is 5.10 Å². The van der Waals surface area contributed by atoms with Gasteiger partial charge in [0.25, 0.3) is 0 Å². The molecule has 1 aromatic carbocycles. The third kappa shape index (κ3) is 2.38. The van der Waals surface area contributed by atoms with Gasteiger partial charge in [-0.05, 0) is 31.4 Å². The minimum atomic E-state index is -0.931. The molecule has 0 spiro atoms. The van der Waals surface area contributed by atoms with E-state index in [1.807, 2.05) is 39.8 Å². The van der Waals surface area contributed by atoms with Crippen molar-refractivity contribution in [3.05, 3.63) is 46.8 Å². The van der Waals surface area contributed by atoms with Gasteiger partial charge in [-0.3, -0.25) is 0 Å². The van der Waals surface area contributed by atoms with Crippen LogP contribution in [0.4, 0.5) is 0 Å². The highest BCUT2D eigenvalue weighted by Crippen LogP contribution is 2.25. The number of aryl methyl sites for hydroxylation is 2. The first-order valence-corrected chi connectivity index (χ1v) is 6.30. The lowest BCUT2D eigenvalue weighted by Crippen LogP contribution is -2.09. The maximum absolute atomic E-state index is 11.3. The molecule has 0 bridgehead atoms. The summed E-state index contributed by atoms with van der Waals surface area (Å²) in [6, 6.07) is 6.06. The Hall–Kier alpha value is -2.10. The lowest BCUT2D eigenvalue weighted by atomic mass is 10.0. The summed E-state index contributed by atoms with van der Waals surface area (Å²) in [6.07, 6.45) is 1.43. The minimum Gasteiger partial charge on any atom is -0.478 e. The number of nitrogens with zero attached hydrogens (tertiary/aromatic N) is 2. The second-order valence-corrected chi connectivity index (χ2v) is 5.11. The molecule has 0 saturated heterocycles. The standard InChI is InChI=1S/C15H18N2O2/c1-9(2)14-12(15(18)19)8-16-17(14)13-6-5-10(3)7-11(13)4/h5-9H,1-4H3,(H,18,19). The first-order valence-electron chi connectivity index (χ1n) is 6.30. The van der Waals surface area contributed by atoms with Gasteiger partial charge in [0, 0.05) is 0 Å². The summed E-state index contributed by atoms with van der Waals surface area (Å²) >= 11 is 0. The zero-order valence-corrected chi connectivity index (χ0v) is 11.6. The largest absolute Gasteiger partial charge is 0.478 e. The molecule has 4 heteroatoms. The monoisotopic (exact) mass is 258 g/mol. The molecule has 0 aliphatic heterocycles. The number of carbonyl (C=O) groups is 1. The summed E-state index contributed by atoms with van der Waals surface area (Å²) in [5.41, 5.74) is 4.20. The first-order chi connectivity index (χ1) is 8.91. The minimum absolute atomic E-state index is 0.0919. The van der Waals surface area contributed by atoms with E-state index in [4.69, 9.17) is 0 Å². The smallest absolute Gasteiger partial charge is 0.339 e. The number of carboxylic acid groups (broad SMARTS) is 1. The predicted molar refractivity (Wildman–Crippen MR) is 74.1 cm³/mol. The molecule has 0 atom stereocenters. The Morgan fingerprint density at radius 1 is 1.32 bits per heavy atom. The van der Waals surface area contributed by atoms with Gasteiger partial charge in [-0.25, -0.2) is 9.48 Å². The summed E-state index contributed by atoms with van der Waals surface area (Å²) in [7, 11) is 0. The average Bonchev–Trinajstić information content (AvgIpc) is 2.73. The number of aromatic nitrogens is 2. The molecule has 1 heterocycles. The fourth-order valence-corrected chi connectivity index (χ4v) is 2.31.